The van der Waals surface area contributed by atoms with Gasteiger partial charge in [0.2, 0.25) is 0 Å². The van der Waals surface area contributed by atoms with Gasteiger partial charge < -0.3 is 5.32 Å². The minimum atomic E-state index is -0.165. The van der Waals surface area contributed by atoms with Crippen molar-refractivity contribution in [3.63, 3.8) is 0 Å². The molecule has 0 saturated carbocycles. The lowest BCUT2D eigenvalue weighted by Gasteiger charge is -2.08. The quantitative estimate of drug-likeness (QED) is 0.748. The molecule has 1 aromatic carbocycles. The summed E-state index contributed by atoms with van der Waals surface area (Å²) in [5.41, 5.74) is 0. The molecule has 0 aromatic heterocycles. The Kier molecular flexibility index (Phi) is 4.25. The molecular formula is C10H14FNS. The van der Waals surface area contributed by atoms with E-state index in [9.17, 15) is 4.39 Å². The molecule has 1 atom stereocenters. The molecule has 0 spiro atoms. The second kappa shape index (κ2) is 5.25. The molecule has 0 amide bonds. The van der Waals surface area contributed by atoms with E-state index in [2.05, 4.69) is 12.2 Å². The Bertz CT molecular complexity index is 265. The van der Waals surface area contributed by atoms with Crippen molar-refractivity contribution < 1.29 is 4.39 Å². The van der Waals surface area contributed by atoms with Crippen molar-refractivity contribution >= 4 is 11.8 Å². The van der Waals surface area contributed by atoms with Gasteiger partial charge in [-0.05, 0) is 32.2 Å². The zero-order chi connectivity index (χ0) is 9.68. The van der Waals surface area contributed by atoms with Gasteiger partial charge in [0.05, 0.1) is 0 Å². The predicted octanol–water partition coefficient (Wildman–Crippen LogP) is 2.53. The van der Waals surface area contributed by atoms with Gasteiger partial charge in [-0.1, -0.05) is 6.07 Å². The van der Waals surface area contributed by atoms with Crippen molar-refractivity contribution in [1.82, 2.24) is 5.32 Å². The smallest absolute Gasteiger partial charge is 0.124 e. The van der Waals surface area contributed by atoms with Crippen LogP contribution in [0.4, 0.5) is 4.39 Å². The predicted molar refractivity (Wildman–Crippen MR) is 55.6 cm³/mol. The van der Waals surface area contributed by atoms with Crippen LogP contribution in [0.2, 0.25) is 0 Å². The molecule has 0 aliphatic rings. The summed E-state index contributed by atoms with van der Waals surface area (Å²) in [6.07, 6.45) is 0. The third kappa shape index (κ3) is 3.79. The summed E-state index contributed by atoms with van der Waals surface area (Å²) in [5.74, 6) is 0.794. The molecule has 1 aromatic rings. The van der Waals surface area contributed by atoms with E-state index < -0.39 is 0 Å². The van der Waals surface area contributed by atoms with E-state index in [1.54, 1.807) is 23.9 Å². The summed E-state index contributed by atoms with van der Waals surface area (Å²) in [7, 11) is 1.93. The summed E-state index contributed by atoms with van der Waals surface area (Å²) in [4.78, 5) is 0.988. The van der Waals surface area contributed by atoms with Crippen molar-refractivity contribution in [2.75, 3.05) is 12.8 Å². The summed E-state index contributed by atoms with van der Waals surface area (Å²) < 4.78 is 12.7. The highest BCUT2D eigenvalue weighted by Gasteiger charge is 2.00. The van der Waals surface area contributed by atoms with Crippen LogP contribution in [0.3, 0.4) is 0 Å². The molecule has 0 saturated heterocycles. The summed E-state index contributed by atoms with van der Waals surface area (Å²) in [6.45, 7) is 2.10. The van der Waals surface area contributed by atoms with Crippen molar-refractivity contribution in [2.24, 2.45) is 0 Å². The molecule has 1 nitrogen and oxygen atoms in total. The highest BCUT2D eigenvalue weighted by Crippen LogP contribution is 2.19. The molecule has 0 bridgehead atoms. The van der Waals surface area contributed by atoms with Gasteiger partial charge in [0, 0.05) is 16.7 Å². The van der Waals surface area contributed by atoms with Crippen LogP contribution in [0.1, 0.15) is 6.92 Å². The average Bonchev–Trinajstić information content (AvgIpc) is 2.14. The van der Waals surface area contributed by atoms with Crippen molar-refractivity contribution in [3.8, 4) is 0 Å². The van der Waals surface area contributed by atoms with Crippen molar-refractivity contribution in [1.29, 1.82) is 0 Å². The lowest BCUT2D eigenvalue weighted by Crippen LogP contribution is -2.23. The Hall–Kier alpha value is -0.540. The molecule has 0 heterocycles. The topological polar surface area (TPSA) is 12.0 Å². The molecule has 1 unspecified atom stereocenters. The van der Waals surface area contributed by atoms with Crippen LogP contribution in [-0.2, 0) is 0 Å². The van der Waals surface area contributed by atoms with Crippen LogP contribution in [0, 0.1) is 5.82 Å². The minimum Gasteiger partial charge on any atom is -0.316 e. The fourth-order valence-corrected chi connectivity index (χ4v) is 1.84. The molecular weight excluding hydrogens is 185 g/mol. The van der Waals surface area contributed by atoms with Crippen LogP contribution < -0.4 is 5.32 Å². The molecule has 1 rings (SSSR count). The second-order valence-electron chi connectivity index (χ2n) is 2.96. The maximum Gasteiger partial charge on any atom is 0.124 e. The maximum atomic E-state index is 12.7. The molecule has 0 aliphatic heterocycles. The highest BCUT2D eigenvalue weighted by atomic mass is 32.2. The monoisotopic (exact) mass is 199 g/mol. The fourth-order valence-electron chi connectivity index (χ4n) is 0.861. The van der Waals surface area contributed by atoms with Crippen LogP contribution in [-0.4, -0.2) is 18.8 Å². The Morgan fingerprint density at radius 1 is 1.54 bits per heavy atom. The Balaban J connectivity index is 2.45. The lowest BCUT2D eigenvalue weighted by molar-refractivity contribution is 0.624. The number of nitrogens with one attached hydrogen (secondary N) is 1. The number of benzene rings is 1. The second-order valence-corrected chi connectivity index (χ2v) is 4.05. The summed E-state index contributed by atoms with van der Waals surface area (Å²) >= 11 is 1.66. The number of hydrogen-bond acceptors (Lipinski definition) is 2. The molecule has 1 N–H and O–H groups in total. The van der Waals surface area contributed by atoms with Crippen LogP contribution in [0.25, 0.3) is 0 Å². The lowest BCUT2D eigenvalue weighted by atomic mass is 10.3. The van der Waals surface area contributed by atoms with Gasteiger partial charge in [-0.15, -0.1) is 11.8 Å². The maximum absolute atomic E-state index is 12.7. The highest BCUT2D eigenvalue weighted by molar-refractivity contribution is 7.99. The Morgan fingerprint density at radius 2 is 2.31 bits per heavy atom. The van der Waals surface area contributed by atoms with E-state index in [1.165, 1.54) is 6.07 Å². The zero-order valence-electron chi connectivity index (χ0n) is 7.88. The van der Waals surface area contributed by atoms with E-state index in [-0.39, 0.29) is 5.82 Å². The summed E-state index contributed by atoms with van der Waals surface area (Å²) in [5, 5.41) is 3.14. The van der Waals surface area contributed by atoms with E-state index in [0.29, 0.717) is 6.04 Å². The normalized spacial score (nSPS) is 12.8. The van der Waals surface area contributed by atoms with Crippen molar-refractivity contribution in [3.05, 3.63) is 30.1 Å². The van der Waals surface area contributed by atoms with Gasteiger partial charge in [0.25, 0.3) is 0 Å². The van der Waals surface area contributed by atoms with Crippen molar-refractivity contribution in [2.45, 2.75) is 17.9 Å². The first-order chi connectivity index (χ1) is 6.22. The Morgan fingerprint density at radius 3 is 2.92 bits per heavy atom. The largest absolute Gasteiger partial charge is 0.316 e. The van der Waals surface area contributed by atoms with Crippen LogP contribution in [0.5, 0.6) is 0 Å². The third-order valence-corrected chi connectivity index (χ3v) is 3.04. The van der Waals surface area contributed by atoms with Gasteiger partial charge in [-0.3, -0.25) is 0 Å². The van der Waals surface area contributed by atoms with Gasteiger partial charge >= 0.3 is 0 Å². The first kappa shape index (κ1) is 10.5. The minimum absolute atomic E-state index is 0.165. The van der Waals surface area contributed by atoms with E-state index in [0.717, 1.165) is 10.6 Å². The number of rotatable bonds is 4. The van der Waals surface area contributed by atoms with E-state index >= 15 is 0 Å². The molecule has 0 aliphatic carbocycles. The van der Waals surface area contributed by atoms with Gasteiger partial charge in [0.1, 0.15) is 5.82 Å². The zero-order valence-corrected chi connectivity index (χ0v) is 8.70. The van der Waals surface area contributed by atoms with E-state index in [4.69, 9.17) is 0 Å². The SMILES string of the molecule is CNC(C)CSc1cccc(F)c1. The number of thioether (sulfide) groups is 1. The standard InChI is InChI=1S/C10H14FNS/c1-8(12-2)7-13-10-5-3-4-9(11)6-10/h3-6,8,12H,7H2,1-2H3. The van der Waals surface area contributed by atoms with Gasteiger partial charge in [-0.25, -0.2) is 4.39 Å². The van der Waals surface area contributed by atoms with Gasteiger partial charge in [-0.2, -0.15) is 0 Å². The third-order valence-electron chi connectivity index (χ3n) is 1.79. The fraction of sp³-hybridized carbons (Fsp3) is 0.400. The van der Waals surface area contributed by atoms with E-state index in [1.807, 2.05) is 13.1 Å². The van der Waals surface area contributed by atoms with Crippen LogP contribution in [0.15, 0.2) is 29.2 Å². The Labute approximate surface area is 82.7 Å². The molecule has 0 radical (unpaired) electrons. The average molecular weight is 199 g/mol. The first-order valence-corrected chi connectivity index (χ1v) is 5.26. The molecule has 13 heavy (non-hydrogen) atoms. The van der Waals surface area contributed by atoms with Crippen LogP contribution >= 0.6 is 11.8 Å². The summed E-state index contributed by atoms with van der Waals surface area (Å²) in [6, 6.07) is 7.14. The number of hydrogen-bond donors (Lipinski definition) is 1. The number of halogens is 1. The first-order valence-electron chi connectivity index (χ1n) is 4.28. The molecule has 0 fully saturated rings. The van der Waals surface area contributed by atoms with Gasteiger partial charge in [0.15, 0.2) is 0 Å². The molecule has 3 heteroatoms. The molecule has 72 valence electrons.